The van der Waals surface area contributed by atoms with E-state index in [1.807, 2.05) is 0 Å². The highest BCUT2D eigenvalue weighted by atomic mass is 127. The normalized spacial score (nSPS) is 30.4. The summed E-state index contributed by atoms with van der Waals surface area (Å²) in [5.41, 5.74) is 0. The van der Waals surface area contributed by atoms with Gasteiger partial charge in [-0.25, -0.2) is 0 Å². The van der Waals surface area contributed by atoms with E-state index in [4.69, 9.17) is 14.5 Å². The number of hydrogen-bond donors (Lipinski definition) is 2. The summed E-state index contributed by atoms with van der Waals surface area (Å²) in [6.07, 6.45) is 8.00. The number of hydrogen-bond acceptors (Lipinski definition) is 5. The van der Waals surface area contributed by atoms with Crippen LogP contribution in [0.15, 0.2) is 4.99 Å². The zero-order valence-corrected chi connectivity index (χ0v) is 21.0. The van der Waals surface area contributed by atoms with Crippen LogP contribution in [-0.4, -0.2) is 99.6 Å². The second-order valence-electron chi connectivity index (χ2n) is 9.12. The molecule has 3 aliphatic heterocycles. The standard InChI is InChI=1S/C22H41N5O2.HI/c1-2-23-22(25-19-7-9-27(16-19)20-5-3-4-6-20)24-15-21(18-8-12-29-17-18)26-10-13-28-14-11-26;/h18-21H,2-17H2,1H3,(H2,23,24,25);1H. The third-order valence-electron chi connectivity index (χ3n) is 7.21. The minimum Gasteiger partial charge on any atom is -0.381 e. The van der Waals surface area contributed by atoms with E-state index in [1.165, 1.54) is 45.2 Å². The summed E-state index contributed by atoms with van der Waals surface area (Å²) in [7, 11) is 0. The maximum absolute atomic E-state index is 5.71. The third-order valence-corrected chi connectivity index (χ3v) is 7.21. The quantitative estimate of drug-likeness (QED) is 0.295. The van der Waals surface area contributed by atoms with Gasteiger partial charge in [0.1, 0.15) is 0 Å². The lowest BCUT2D eigenvalue weighted by Crippen LogP contribution is -2.50. The van der Waals surface area contributed by atoms with Crippen molar-refractivity contribution < 1.29 is 9.47 Å². The SMILES string of the molecule is CCNC(=NCC(C1CCOC1)N1CCOCC1)NC1CCN(C2CCCC2)C1.I. The first-order valence-electron chi connectivity index (χ1n) is 12.0. The predicted octanol–water partition coefficient (Wildman–Crippen LogP) is 1.91. The topological polar surface area (TPSA) is 61.4 Å². The Hall–Kier alpha value is -0.160. The van der Waals surface area contributed by atoms with Gasteiger partial charge >= 0.3 is 0 Å². The average molecular weight is 536 g/mol. The van der Waals surface area contributed by atoms with Crippen molar-refractivity contribution in [3.05, 3.63) is 0 Å². The van der Waals surface area contributed by atoms with Crippen LogP contribution in [0.3, 0.4) is 0 Å². The molecular weight excluding hydrogens is 493 g/mol. The Morgan fingerprint density at radius 2 is 1.83 bits per heavy atom. The fourth-order valence-corrected chi connectivity index (χ4v) is 5.53. The van der Waals surface area contributed by atoms with Gasteiger partial charge in [-0.15, -0.1) is 24.0 Å². The number of likely N-dealkylation sites (tertiary alicyclic amines) is 1. The summed E-state index contributed by atoms with van der Waals surface area (Å²) in [6.45, 7) is 11.8. The predicted molar refractivity (Wildman–Crippen MR) is 132 cm³/mol. The average Bonchev–Trinajstić information content (AvgIpc) is 3.51. The van der Waals surface area contributed by atoms with E-state index in [0.717, 1.165) is 71.0 Å². The van der Waals surface area contributed by atoms with Crippen LogP contribution in [0.2, 0.25) is 0 Å². The van der Waals surface area contributed by atoms with E-state index in [0.29, 0.717) is 18.0 Å². The lowest BCUT2D eigenvalue weighted by Gasteiger charge is -2.36. The molecule has 3 heterocycles. The molecule has 3 saturated heterocycles. The number of morpholine rings is 1. The number of nitrogens with one attached hydrogen (secondary N) is 2. The van der Waals surface area contributed by atoms with Gasteiger partial charge in [-0.3, -0.25) is 14.8 Å². The monoisotopic (exact) mass is 535 g/mol. The van der Waals surface area contributed by atoms with Crippen molar-refractivity contribution in [1.82, 2.24) is 20.4 Å². The van der Waals surface area contributed by atoms with Crippen LogP contribution in [-0.2, 0) is 9.47 Å². The second kappa shape index (κ2) is 12.8. The molecule has 4 fully saturated rings. The van der Waals surface area contributed by atoms with Gasteiger partial charge in [0.25, 0.3) is 0 Å². The molecule has 8 heteroatoms. The van der Waals surface area contributed by atoms with Crippen LogP contribution in [0.25, 0.3) is 0 Å². The van der Waals surface area contributed by atoms with Crippen LogP contribution >= 0.6 is 24.0 Å². The van der Waals surface area contributed by atoms with Gasteiger partial charge in [0, 0.05) is 63.4 Å². The number of nitrogens with zero attached hydrogens (tertiary/aromatic N) is 3. The van der Waals surface area contributed by atoms with E-state index in [2.05, 4.69) is 27.4 Å². The Balaban J connectivity index is 0.00000256. The number of aliphatic imine (C=N–C) groups is 1. The molecule has 0 radical (unpaired) electrons. The number of ether oxygens (including phenoxy) is 2. The van der Waals surface area contributed by atoms with Gasteiger partial charge < -0.3 is 20.1 Å². The molecule has 1 aliphatic carbocycles. The number of rotatable bonds is 7. The molecule has 3 atom stereocenters. The highest BCUT2D eigenvalue weighted by Crippen LogP contribution is 2.26. The first-order valence-corrected chi connectivity index (χ1v) is 12.0. The maximum Gasteiger partial charge on any atom is 0.191 e. The summed E-state index contributed by atoms with van der Waals surface area (Å²) >= 11 is 0. The molecule has 30 heavy (non-hydrogen) atoms. The Kier molecular flexibility index (Phi) is 10.4. The zero-order valence-electron chi connectivity index (χ0n) is 18.7. The molecule has 4 aliphatic rings. The molecule has 174 valence electrons. The minimum absolute atomic E-state index is 0. The molecule has 0 aromatic heterocycles. The Bertz CT molecular complexity index is 520. The Labute approximate surface area is 199 Å². The van der Waals surface area contributed by atoms with E-state index in [1.54, 1.807) is 0 Å². The van der Waals surface area contributed by atoms with Crippen LogP contribution < -0.4 is 10.6 Å². The van der Waals surface area contributed by atoms with Crippen molar-refractivity contribution in [2.75, 3.05) is 65.7 Å². The van der Waals surface area contributed by atoms with Gasteiger partial charge in [-0.1, -0.05) is 12.8 Å². The molecule has 0 aromatic carbocycles. The summed E-state index contributed by atoms with van der Waals surface area (Å²) in [6, 6.07) is 1.80. The highest BCUT2D eigenvalue weighted by molar-refractivity contribution is 14.0. The van der Waals surface area contributed by atoms with Gasteiger partial charge in [-0.05, 0) is 32.6 Å². The fraction of sp³-hybridized carbons (Fsp3) is 0.955. The summed E-state index contributed by atoms with van der Waals surface area (Å²) in [4.78, 5) is 10.3. The van der Waals surface area contributed by atoms with Crippen molar-refractivity contribution >= 4 is 29.9 Å². The molecule has 0 aromatic rings. The fourth-order valence-electron chi connectivity index (χ4n) is 5.53. The smallest absolute Gasteiger partial charge is 0.191 e. The lowest BCUT2D eigenvalue weighted by atomic mass is 9.97. The molecule has 0 amide bonds. The number of guanidine groups is 1. The maximum atomic E-state index is 5.71. The van der Waals surface area contributed by atoms with Crippen LogP contribution in [0.4, 0.5) is 0 Å². The molecule has 0 spiro atoms. The summed E-state index contributed by atoms with van der Waals surface area (Å²) in [5, 5.41) is 7.23. The molecule has 4 rings (SSSR count). The van der Waals surface area contributed by atoms with E-state index < -0.39 is 0 Å². The van der Waals surface area contributed by atoms with Crippen molar-refractivity contribution in [1.29, 1.82) is 0 Å². The van der Waals surface area contributed by atoms with Crippen LogP contribution in [0, 0.1) is 5.92 Å². The van der Waals surface area contributed by atoms with E-state index in [-0.39, 0.29) is 24.0 Å². The summed E-state index contributed by atoms with van der Waals surface area (Å²) < 4.78 is 11.3. The first kappa shape index (κ1) is 24.5. The third kappa shape index (κ3) is 6.67. The first-order chi connectivity index (χ1) is 14.3. The van der Waals surface area contributed by atoms with Gasteiger partial charge in [0.15, 0.2) is 5.96 Å². The summed E-state index contributed by atoms with van der Waals surface area (Å²) in [5.74, 6) is 1.58. The molecule has 3 unspecified atom stereocenters. The van der Waals surface area contributed by atoms with Gasteiger partial charge in [0.05, 0.1) is 26.4 Å². The Morgan fingerprint density at radius 3 is 2.53 bits per heavy atom. The van der Waals surface area contributed by atoms with Gasteiger partial charge in [0.2, 0.25) is 0 Å². The van der Waals surface area contributed by atoms with E-state index >= 15 is 0 Å². The van der Waals surface area contributed by atoms with Crippen molar-refractivity contribution in [2.24, 2.45) is 10.9 Å². The number of halogens is 1. The lowest BCUT2D eigenvalue weighted by molar-refractivity contribution is 0.00368. The molecule has 7 nitrogen and oxygen atoms in total. The highest BCUT2D eigenvalue weighted by Gasteiger charge is 2.32. The zero-order chi connectivity index (χ0) is 19.9. The molecular formula is C22H42IN5O2. The van der Waals surface area contributed by atoms with Crippen molar-refractivity contribution in [3.8, 4) is 0 Å². The van der Waals surface area contributed by atoms with Crippen LogP contribution in [0.5, 0.6) is 0 Å². The molecule has 1 saturated carbocycles. The van der Waals surface area contributed by atoms with Gasteiger partial charge in [-0.2, -0.15) is 0 Å². The Morgan fingerprint density at radius 1 is 1.03 bits per heavy atom. The largest absolute Gasteiger partial charge is 0.381 e. The molecule has 2 N–H and O–H groups in total. The molecule has 0 bridgehead atoms. The van der Waals surface area contributed by atoms with Crippen molar-refractivity contribution in [3.63, 3.8) is 0 Å². The van der Waals surface area contributed by atoms with Crippen molar-refractivity contribution in [2.45, 2.75) is 63.6 Å². The second-order valence-corrected chi connectivity index (χ2v) is 9.12. The van der Waals surface area contributed by atoms with E-state index in [9.17, 15) is 0 Å². The minimum atomic E-state index is 0. The van der Waals surface area contributed by atoms with Crippen LogP contribution in [0.1, 0.15) is 45.4 Å².